The van der Waals surface area contributed by atoms with Crippen LogP contribution in [0.2, 0.25) is 10.0 Å². The van der Waals surface area contributed by atoms with Gasteiger partial charge in [0.2, 0.25) is 0 Å². The van der Waals surface area contributed by atoms with E-state index in [4.69, 9.17) is 27.9 Å². The third-order valence-corrected chi connectivity index (χ3v) is 2.29. The van der Waals surface area contributed by atoms with Crippen molar-refractivity contribution >= 4 is 29.2 Å². The molecule has 0 aliphatic carbocycles. The summed E-state index contributed by atoms with van der Waals surface area (Å²) in [6.07, 6.45) is 0.932. The van der Waals surface area contributed by atoms with Gasteiger partial charge in [-0.05, 0) is 24.6 Å². The molecule has 0 saturated heterocycles. The minimum atomic E-state index is -0.243. The maximum atomic E-state index is 10.8. The molecule has 0 fully saturated rings. The highest BCUT2D eigenvalue weighted by atomic mass is 35.5. The first-order valence-electron chi connectivity index (χ1n) is 4.77. The molecule has 3 nitrogen and oxygen atoms in total. The third kappa shape index (κ3) is 4.73. The molecule has 0 bridgehead atoms. The zero-order valence-electron chi connectivity index (χ0n) is 8.83. The van der Waals surface area contributed by atoms with E-state index in [1.54, 1.807) is 18.2 Å². The second kappa shape index (κ2) is 6.61. The van der Waals surface area contributed by atoms with Crippen LogP contribution in [0, 0.1) is 0 Å². The van der Waals surface area contributed by atoms with E-state index in [1.807, 2.05) is 0 Å². The largest absolute Gasteiger partial charge is 0.493 e. The van der Waals surface area contributed by atoms with Crippen molar-refractivity contribution in [3.8, 4) is 5.75 Å². The van der Waals surface area contributed by atoms with Crippen LogP contribution in [-0.2, 0) is 9.53 Å². The van der Waals surface area contributed by atoms with Crippen LogP contribution >= 0.6 is 23.2 Å². The fraction of sp³-hybridized carbons (Fsp3) is 0.364. The van der Waals surface area contributed by atoms with Gasteiger partial charge in [-0.2, -0.15) is 0 Å². The Bertz CT molecular complexity index is 346. The SMILES string of the molecule is COC(=O)CCCOc1cc(Cl)cc(Cl)c1. The fourth-order valence-corrected chi connectivity index (χ4v) is 1.63. The van der Waals surface area contributed by atoms with E-state index in [1.165, 1.54) is 7.11 Å². The highest BCUT2D eigenvalue weighted by Crippen LogP contribution is 2.24. The molecule has 0 amide bonds. The Hall–Kier alpha value is -0.930. The maximum Gasteiger partial charge on any atom is 0.305 e. The second-order valence-electron chi connectivity index (χ2n) is 3.13. The molecule has 5 heteroatoms. The fourth-order valence-electron chi connectivity index (χ4n) is 1.12. The minimum absolute atomic E-state index is 0.243. The Balaban J connectivity index is 2.34. The summed E-state index contributed by atoms with van der Waals surface area (Å²) < 4.78 is 9.89. The van der Waals surface area contributed by atoms with Gasteiger partial charge >= 0.3 is 5.97 Å². The first-order chi connectivity index (χ1) is 7.61. The lowest BCUT2D eigenvalue weighted by Crippen LogP contribution is -2.04. The van der Waals surface area contributed by atoms with Crippen molar-refractivity contribution in [2.24, 2.45) is 0 Å². The number of methoxy groups -OCH3 is 1. The molecule has 16 heavy (non-hydrogen) atoms. The molecule has 88 valence electrons. The van der Waals surface area contributed by atoms with E-state index in [0.717, 1.165) is 0 Å². The lowest BCUT2D eigenvalue weighted by atomic mass is 10.3. The van der Waals surface area contributed by atoms with Crippen LogP contribution < -0.4 is 4.74 Å². The van der Waals surface area contributed by atoms with Crippen LogP contribution in [0.4, 0.5) is 0 Å². The molecule has 1 aromatic carbocycles. The molecule has 0 atom stereocenters. The number of hydrogen-bond acceptors (Lipinski definition) is 3. The zero-order valence-corrected chi connectivity index (χ0v) is 10.3. The highest BCUT2D eigenvalue weighted by Gasteiger charge is 2.02. The van der Waals surface area contributed by atoms with Crippen LogP contribution in [0.15, 0.2) is 18.2 Å². The number of ether oxygens (including phenoxy) is 2. The average Bonchev–Trinajstić information content (AvgIpc) is 2.22. The number of hydrogen-bond donors (Lipinski definition) is 0. The van der Waals surface area contributed by atoms with E-state index in [0.29, 0.717) is 35.2 Å². The average molecular weight is 263 g/mol. The Morgan fingerprint density at radius 3 is 2.44 bits per heavy atom. The molecule has 0 aliphatic rings. The normalized spacial score (nSPS) is 9.94. The van der Waals surface area contributed by atoms with Crippen molar-refractivity contribution in [3.05, 3.63) is 28.2 Å². The van der Waals surface area contributed by atoms with Gasteiger partial charge in [-0.15, -0.1) is 0 Å². The van der Waals surface area contributed by atoms with Gasteiger partial charge < -0.3 is 9.47 Å². The van der Waals surface area contributed by atoms with Gasteiger partial charge in [0.1, 0.15) is 5.75 Å². The molecule has 0 heterocycles. The van der Waals surface area contributed by atoms with Crippen LogP contribution in [-0.4, -0.2) is 19.7 Å². The summed E-state index contributed by atoms with van der Waals surface area (Å²) >= 11 is 11.6. The molecule has 0 aromatic heterocycles. The predicted molar refractivity (Wildman–Crippen MR) is 63.2 cm³/mol. The number of rotatable bonds is 5. The van der Waals surface area contributed by atoms with Crippen molar-refractivity contribution in [1.82, 2.24) is 0 Å². The standard InChI is InChI=1S/C11H12Cl2O3/c1-15-11(14)3-2-4-16-10-6-8(12)5-9(13)7-10/h5-7H,2-4H2,1H3. The van der Waals surface area contributed by atoms with E-state index in [9.17, 15) is 4.79 Å². The van der Waals surface area contributed by atoms with Crippen LogP contribution in [0.3, 0.4) is 0 Å². The Morgan fingerprint density at radius 1 is 1.25 bits per heavy atom. The molecule has 1 rings (SSSR count). The van der Waals surface area contributed by atoms with Crippen molar-refractivity contribution < 1.29 is 14.3 Å². The Kier molecular flexibility index (Phi) is 5.43. The van der Waals surface area contributed by atoms with E-state index < -0.39 is 0 Å². The minimum Gasteiger partial charge on any atom is -0.493 e. The van der Waals surface area contributed by atoms with Gasteiger partial charge in [0.15, 0.2) is 0 Å². The Labute approximate surface area is 104 Å². The van der Waals surface area contributed by atoms with Gasteiger partial charge in [0.05, 0.1) is 13.7 Å². The van der Waals surface area contributed by atoms with Crippen molar-refractivity contribution in [2.45, 2.75) is 12.8 Å². The molecular formula is C11H12Cl2O3. The molecule has 0 radical (unpaired) electrons. The van der Waals surface area contributed by atoms with Gasteiger partial charge in [0.25, 0.3) is 0 Å². The van der Waals surface area contributed by atoms with Gasteiger partial charge in [-0.3, -0.25) is 4.79 Å². The monoisotopic (exact) mass is 262 g/mol. The molecule has 1 aromatic rings. The van der Waals surface area contributed by atoms with E-state index >= 15 is 0 Å². The quantitative estimate of drug-likeness (QED) is 0.603. The summed E-state index contributed by atoms with van der Waals surface area (Å²) in [5.74, 6) is 0.357. The first-order valence-corrected chi connectivity index (χ1v) is 5.53. The number of carbonyl (C=O) groups excluding carboxylic acids is 1. The summed E-state index contributed by atoms with van der Waals surface area (Å²) in [4.78, 5) is 10.8. The molecular weight excluding hydrogens is 251 g/mol. The van der Waals surface area contributed by atoms with Crippen molar-refractivity contribution in [1.29, 1.82) is 0 Å². The van der Waals surface area contributed by atoms with E-state index in [2.05, 4.69) is 4.74 Å². The topological polar surface area (TPSA) is 35.5 Å². The molecule has 0 N–H and O–H groups in total. The molecule has 0 spiro atoms. The summed E-state index contributed by atoms with van der Waals surface area (Å²) in [5, 5.41) is 1.05. The number of benzene rings is 1. The highest BCUT2D eigenvalue weighted by molar-refractivity contribution is 6.34. The smallest absolute Gasteiger partial charge is 0.305 e. The van der Waals surface area contributed by atoms with Gasteiger partial charge in [-0.25, -0.2) is 0 Å². The lowest BCUT2D eigenvalue weighted by molar-refractivity contribution is -0.140. The van der Waals surface area contributed by atoms with Crippen LogP contribution in [0.5, 0.6) is 5.75 Å². The van der Waals surface area contributed by atoms with Crippen LogP contribution in [0.25, 0.3) is 0 Å². The second-order valence-corrected chi connectivity index (χ2v) is 4.01. The maximum absolute atomic E-state index is 10.8. The molecule has 0 unspecified atom stereocenters. The molecule has 0 aliphatic heterocycles. The van der Waals surface area contributed by atoms with E-state index in [-0.39, 0.29) is 5.97 Å². The van der Waals surface area contributed by atoms with Crippen LogP contribution in [0.1, 0.15) is 12.8 Å². The van der Waals surface area contributed by atoms with Gasteiger partial charge in [-0.1, -0.05) is 23.2 Å². The number of carbonyl (C=O) groups is 1. The summed E-state index contributed by atoms with van der Waals surface area (Å²) in [6.45, 7) is 0.422. The third-order valence-electron chi connectivity index (χ3n) is 1.86. The number of esters is 1. The zero-order chi connectivity index (χ0) is 12.0. The Morgan fingerprint density at radius 2 is 1.88 bits per heavy atom. The van der Waals surface area contributed by atoms with Gasteiger partial charge in [0, 0.05) is 16.5 Å². The number of halogens is 2. The lowest BCUT2D eigenvalue weighted by Gasteiger charge is -2.06. The van der Waals surface area contributed by atoms with Crippen molar-refractivity contribution in [3.63, 3.8) is 0 Å². The summed E-state index contributed by atoms with van der Waals surface area (Å²) in [7, 11) is 1.36. The predicted octanol–water partition coefficient (Wildman–Crippen LogP) is 3.33. The van der Waals surface area contributed by atoms with Crippen molar-refractivity contribution in [2.75, 3.05) is 13.7 Å². The first kappa shape index (κ1) is 13.1. The molecule has 0 saturated carbocycles. The summed E-state index contributed by atoms with van der Waals surface area (Å²) in [5.41, 5.74) is 0. The summed E-state index contributed by atoms with van der Waals surface area (Å²) in [6, 6.07) is 4.97.